The summed E-state index contributed by atoms with van der Waals surface area (Å²) in [6.45, 7) is 15.5. The summed E-state index contributed by atoms with van der Waals surface area (Å²) in [5, 5.41) is 0. The maximum Gasteiger partial charge on any atom is 0.500 e. The third-order valence-electron chi connectivity index (χ3n) is 3.85. The van der Waals surface area contributed by atoms with Gasteiger partial charge in [-0.05, 0) is 33.6 Å². The maximum atomic E-state index is 6.74. The van der Waals surface area contributed by atoms with Gasteiger partial charge in [0.15, 0.2) is 0 Å². The summed E-state index contributed by atoms with van der Waals surface area (Å²) >= 11 is 0. The van der Waals surface area contributed by atoms with E-state index < -0.39 is 8.80 Å². The van der Waals surface area contributed by atoms with Gasteiger partial charge in [-0.2, -0.15) is 0 Å². The van der Waals surface area contributed by atoms with Gasteiger partial charge in [-0.1, -0.05) is 38.5 Å². The van der Waals surface area contributed by atoms with E-state index in [1.165, 1.54) is 44.9 Å². The predicted octanol–water partition coefficient (Wildman–Crippen LogP) is 5.46. The van der Waals surface area contributed by atoms with Gasteiger partial charge < -0.3 is 18.1 Å². The predicted molar refractivity (Wildman–Crippen MR) is 98.5 cm³/mol. The Morgan fingerprint density at radius 1 is 0.652 bits per heavy atom. The van der Waals surface area contributed by atoms with Crippen molar-refractivity contribution >= 4 is 8.80 Å². The number of nitrogens with zero attached hydrogens (tertiary/aromatic N) is 1. The molecule has 0 fully saturated rings. The van der Waals surface area contributed by atoms with Gasteiger partial charge in [-0.15, -0.1) is 0 Å². The van der Waals surface area contributed by atoms with Crippen molar-refractivity contribution in [1.82, 2.24) is 0 Å². The van der Waals surface area contributed by atoms with Crippen LogP contribution in [0.25, 0.3) is 4.85 Å². The van der Waals surface area contributed by atoms with E-state index in [9.17, 15) is 0 Å². The Labute approximate surface area is 145 Å². The zero-order valence-corrected chi connectivity index (χ0v) is 16.6. The molecule has 23 heavy (non-hydrogen) atoms. The maximum absolute atomic E-state index is 6.74. The normalized spacial score (nSPS) is 11.6. The standard InChI is InChI=1S/C18H37NO3Si/c1-5-20-23(21-6-2,22-7-3)18-16-14-12-10-8-9-11-13-15-17-19-4/h5-18H2,1-3H3. The van der Waals surface area contributed by atoms with Crippen molar-refractivity contribution < 1.29 is 13.3 Å². The lowest BCUT2D eigenvalue weighted by Gasteiger charge is -2.28. The molecule has 0 amide bonds. The fraction of sp³-hybridized carbons (Fsp3) is 0.944. The third-order valence-corrected chi connectivity index (χ3v) is 7.00. The summed E-state index contributed by atoms with van der Waals surface area (Å²) in [7, 11) is -2.41. The van der Waals surface area contributed by atoms with E-state index >= 15 is 0 Å². The summed E-state index contributed by atoms with van der Waals surface area (Å²) in [6.07, 6.45) is 11.2. The van der Waals surface area contributed by atoms with Gasteiger partial charge in [-0.25, -0.2) is 6.57 Å². The van der Waals surface area contributed by atoms with Gasteiger partial charge in [0.05, 0.1) is 0 Å². The molecule has 0 bridgehead atoms. The molecule has 0 radical (unpaired) electrons. The highest BCUT2D eigenvalue weighted by molar-refractivity contribution is 6.60. The van der Waals surface area contributed by atoms with Crippen LogP contribution in [0.4, 0.5) is 0 Å². The lowest BCUT2D eigenvalue weighted by atomic mass is 10.1. The summed E-state index contributed by atoms with van der Waals surface area (Å²) in [5.74, 6) is 0. The van der Waals surface area contributed by atoms with Gasteiger partial charge in [-0.3, -0.25) is 0 Å². The number of hydrogen-bond donors (Lipinski definition) is 0. The smallest absolute Gasteiger partial charge is 0.374 e. The van der Waals surface area contributed by atoms with Gasteiger partial charge in [0.25, 0.3) is 0 Å². The van der Waals surface area contributed by atoms with E-state index in [1.54, 1.807) is 0 Å². The van der Waals surface area contributed by atoms with Crippen LogP contribution in [-0.2, 0) is 13.3 Å². The lowest BCUT2D eigenvalue weighted by Crippen LogP contribution is -2.45. The second-order valence-corrected chi connectivity index (χ2v) is 8.53. The van der Waals surface area contributed by atoms with Crippen LogP contribution in [0.3, 0.4) is 0 Å². The summed E-state index contributed by atoms with van der Waals surface area (Å²) in [6, 6.07) is 0.944. The Bertz CT molecular complexity index is 277. The molecule has 0 unspecified atom stereocenters. The highest BCUT2D eigenvalue weighted by Gasteiger charge is 2.39. The second-order valence-electron chi connectivity index (χ2n) is 5.80. The van der Waals surface area contributed by atoms with Crippen molar-refractivity contribution in [3.63, 3.8) is 0 Å². The van der Waals surface area contributed by atoms with Crippen LogP contribution >= 0.6 is 0 Å². The molecule has 0 aromatic heterocycles. The van der Waals surface area contributed by atoms with E-state index in [2.05, 4.69) is 4.85 Å². The molecule has 0 saturated carbocycles. The Hall–Kier alpha value is -0.413. The minimum atomic E-state index is -2.41. The first-order valence-corrected chi connectivity index (χ1v) is 11.4. The zero-order chi connectivity index (χ0) is 17.2. The molecule has 0 rings (SSSR count). The van der Waals surface area contributed by atoms with Crippen LogP contribution in [0.15, 0.2) is 0 Å². The van der Waals surface area contributed by atoms with Gasteiger partial charge >= 0.3 is 8.80 Å². The van der Waals surface area contributed by atoms with E-state index in [-0.39, 0.29) is 0 Å². The molecular formula is C18H37NO3Si. The van der Waals surface area contributed by atoms with E-state index in [1.807, 2.05) is 20.8 Å². The lowest BCUT2D eigenvalue weighted by molar-refractivity contribution is 0.0706. The Balaban J connectivity index is 3.67. The first-order chi connectivity index (χ1) is 11.2. The fourth-order valence-electron chi connectivity index (χ4n) is 2.77. The van der Waals surface area contributed by atoms with Crippen molar-refractivity contribution in [2.24, 2.45) is 0 Å². The molecule has 0 aromatic carbocycles. The molecule has 0 aliphatic rings. The largest absolute Gasteiger partial charge is 0.500 e. The summed E-state index contributed by atoms with van der Waals surface area (Å²) < 4.78 is 17.6. The zero-order valence-electron chi connectivity index (χ0n) is 15.6. The van der Waals surface area contributed by atoms with Crippen LogP contribution in [-0.4, -0.2) is 35.2 Å². The molecule has 0 aliphatic heterocycles. The monoisotopic (exact) mass is 343 g/mol. The van der Waals surface area contributed by atoms with Gasteiger partial charge in [0, 0.05) is 32.3 Å². The molecule has 5 heteroatoms. The van der Waals surface area contributed by atoms with Gasteiger partial charge in [0.2, 0.25) is 6.54 Å². The first-order valence-electron chi connectivity index (χ1n) is 9.49. The fourth-order valence-corrected chi connectivity index (χ4v) is 5.46. The summed E-state index contributed by atoms with van der Waals surface area (Å²) in [5.41, 5.74) is 0. The van der Waals surface area contributed by atoms with Crippen molar-refractivity contribution in [3.05, 3.63) is 11.4 Å². The van der Waals surface area contributed by atoms with E-state index in [4.69, 9.17) is 19.9 Å². The van der Waals surface area contributed by atoms with E-state index in [0.29, 0.717) is 26.4 Å². The molecule has 0 saturated heterocycles. The minimum Gasteiger partial charge on any atom is -0.374 e. The van der Waals surface area contributed by atoms with Crippen LogP contribution < -0.4 is 0 Å². The number of rotatable bonds is 17. The quantitative estimate of drug-likeness (QED) is 0.199. The topological polar surface area (TPSA) is 32.0 Å². The number of hydrogen-bond acceptors (Lipinski definition) is 3. The van der Waals surface area contributed by atoms with E-state index in [0.717, 1.165) is 18.9 Å². The average Bonchev–Trinajstić information content (AvgIpc) is 2.53. The summed E-state index contributed by atoms with van der Waals surface area (Å²) in [4.78, 5) is 3.39. The van der Waals surface area contributed by atoms with Crippen LogP contribution in [0.2, 0.25) is 6.04 Å². The van der Waals surface area contributed by atoms with Crippen molar-refractivity contribution in [2.75, 3.05) is 26.4 Å². The SMILES string of the molecule is [C-]#[N+]CCCCCCCCCCC[Si](OCC)(OCC)OCC. The van der Waals surface area contributed by atoms with Crippen molar-refractivity contribution in [1.29, 1.82) is 0 Å². The number of unbranched alkanes of at least 4 members (excludes halogenated alkanes) is 8. The third kappa shape index (κ3) is 12.6. The Kier molecular flexibility index (Phi) is 16.1. The molecule has 0 N–H and O–H groups in total. The molecule has 0 heterocycles. The molecule has 0 aromatic rings. The highest BCUT2D eigenvalue weighted by atomic mass is 28.4. The van der Waals surface area contributed by atoms with Crippen LogP contribution in [0.1, 0.15) is 78.6 Å². The molecular weight excluding hydrogens is 306 g/mol. The second kappa shape index (κ2) is 16.4. The molecule has 0 aliphatic carbocycles. The molecule has 136 valence electrons. The van der Waals surface area contributed by atoms with Crippen molar-refractivity contribution in [3.8, 4) is 0 Å². The average molecular weight is 344 g/mol. The molecule has 0 atom stereocenters. The van der Waals surface area contributed by atoms with Crippen molar-refractivity contribution in [2.45, 2.75) is 84.6 Å². The highest BCUT2D eigenvalue weighted by Crippen LogP contribution is 2.20. The molecule has 4 nitrogen and oxygen atoms in total. The minimum absolute atomic E-state index is 0.666. The van der Waals surface area contributed by atoms with Gasteiger partial charge in [0.1, 0.15) is 0 Å². The van der Waals surface area contributed by atoms with Crippen LogP contribution in [0.5, 0.6) is 0 Å². The Morgan fingerprint density at radius 3 is 1.43 bits per heavy atom. The Morgan fingerprint density at radius 2 is 1.04 bits per heavy atom. The first kappa shape index (κ1) is 22.6. The molecule has 0 spiro atoms. The van der Waals surface area contributed by atoms with Crippen LogP contribution in [0, 0.1) is 6.57 Å².